The van der Waals surface area contributed by atoms with E-state index in [0.717, 1.165) is 18.2 Å². The third kappa shape index (κ3) is 2.64. The summed E-state index contributed by atoms with van der Waals surface area (Å²) in [5, 5.41) is 3.20. The lowest BCUT2D eigenvalue weighted by atomic mass is 10.1. The van der Waals surface area contributed by atoms with Gasteiger partial charge in [0.2, 0.25) is 0 Å². The number of ketones is 1. The van der Waals surface area contributed by atoms with Gasteiger partial charge in [0.25, 0.3) is 0 Å². The average molecular weight is 247 g/mol. The molecule has 1 saturated carbocycles. The summed E-state index contributed by atoms with van der Waals surface area (Å²) in [6.07, 6.45) is 2.59. The molecule has 0 spiro atoms. The van der Waals surface area contributed by atoms with Gasteiger partial charge < -0.3 is 14.8 Å². The van der Waals surface area contributed by atoms with Gasteiger partial charge in [0, 0.05) is 5.56 Å². The molecule has 2 aliphatic rings. The minimum atomic E-state index is 0.104. The van der Waals surface area contributed by atoms with Crippen molar-refractivity contribution >= 4 is 5.78 Å². The van der Waals surface area contributed by atoms with Crippen molar-refractivity contribution < 1.29 is 14.3 Å². The van der Waals surface area contributed by atoms with Crippen molar-refractivity contribution in [2.24, 2.45) is 5.92 Å². The Morgan fingerprint density at radius 1 is 1.22 bits per heavy atom. The molecule has 1 aromatic rings. The standard InChI is InChI=1S/C14H17NO3/c16-12(9-15-8-10-1-2-10)11-3-4-13-14(7-11)18-6-5-17-13/h3-4,7,10,15H,1-2,5-6,8-9H2. The number of rotatable bonds is 5. The fourth-order valence-electron chi connectivity index (χ4n) is 2.03. The van der Waals surface area contributed by atoms with Gasteiger partial charge in [-0.3, -0.25) is 4.79 Å². The van der Waals surface area contributed by atoms with E-state index in [1.807, 2.05) is 6.07 Å². The molecule has 1 heterocycles. The van der Waals surface area contributed by atoms with Crippen molar-refractivity contribution in [3.05, 3.63) is 23.8 Å². The van der Waals surface area contributed by atoms with Crippen LogP contribution in [-0.4, -0.2) is 32.1 Å². The summed E-state index contributed by atoms with van der Waals surface area (Å²) < 4.78 is 10.9. The van der Waals surface area contributed by atoms with Crippen molar-refractivity contribution in [2.45, 2.75) is 12.8 Å². The number of nitrogens with one attached hydrogen (secondary N) is 1. The Bertz CT molecular complexity index is 454. The number of fused-ring (bicyclic) bond motifs is 1. The summed E-state index contributed by atoms with van der Waals surface area (Å²) in [6.45, 7) is 2.47. The molecule has 1 aliphatic heterocycles. The van der Waals surface area contributed by atoms with Crippen LogP contribution in [0, 0.1) is 5.92 Å². The van der Waals surface area contributed by atoms with Gasteiger partial charge >= 0.3 is 0 Å². The van der Waals surface area contributed by atoms with Crippen molar-refractivity contribution in [3.63, 3.8) is 0 Å². The van der Waals surface area contributed by atoms with Crippen LogP contribution in [0.25, 0.3) is 0 Å². The number of Topliss-reactive ketones (excluding diaryl/α,β-unsaturated/α-hetero) is 1. The molecule has 4 heteroatoms. The Hall–Kier alpha value is -1.55. The first-order valence-electron chi connectivity index (χ1n) is 6.46. The van der Waals surface area contributed by atoms with Crippen LogP contribution in [0.2, 0.25) is 0 Å². The summed E-state index contributed by atoms with van der Waals surface area (Å²) in [5.41, 5.74) is 0.683. The van der Waals surface area contributed by atoms with E-state index < -0.39 is 0 Å². The van der Waals surface area contributed by atoms with Gasteiger partial charge in [-0.2, -0.15) is 0 Å². The van der Waals surface area contributed by atoms with Gasteiger partial charge in [-0.1, -0.05) is 0 Å². The molecule has 0 aromatic heterocycles. The molecule has 4 nitrogen and oxygen atoms in total. The van der Waals surface area contributed by atoms with E-state index in [0.29, 0.717) is 31.1 Å². The fourth-order valence-corrected chi connectivity index (χ4v) is 2.03. The lowest BCUT2D eigenvalue weighted by molar-refractivity contribution is 0.0989. The fraction of sp³-hybridized carbons (Fsp3) is 0.500. The number of carbonyl (C=O) groups is 1. The second-order valence-electron chi connectivity index (χ2n) is 4.86. The van der Waals surface area contributed by atoms with Crippen LogP contribution in [-0.2, 0) is 0 Å². The zero-order valence-corrected chi connectivity index (χ0v) is 10.3. The number of hydrogen-bond acceptors (Lipinski definition) is 4. The molecule has 0 atom stereocenters. The molecule has 3 rings (SSSR count). The van der Waals surface area contributed by atoms with E-state index in [1.165, 1.54) is 12.8 Å². The summed E-state index contributed by atoms with van der Waals surface area (Å²) in [6, 6.07) is 5.38. The van der Waals surface area contributed by atoms with Crippen LogP contribution in [0.3, 0.4) is 0 Å². The zero-order chi connectivity index (χ0) is 12.4. The molecule has 1 fully saturated rings. The van der Waals surface area contributed by atoms with Gasteiger partial charge in [-0.05, 0) is 43.5 Å². The second-order valence-corrected chi connectivity index (χ2v) is 4.86. The molecule has 1 N–H and O–H groups in total. The van der Waals surface area contributed by atoms with E-state index in [-0.39, 0.29) is 5.78 Å². The second kappa shape index (κ2) is 4.98. The molecule has 0 unspecified atom stereocenters. The molecular weight excluding hydrogens is 230 g/mol. The first kappa shape index (κ1) is 11.5. The molecule has 96 valence electrons. The Morgan fingerprint density at radius 2 is 2.00 bits per heavy atom. The van der Waals surface area contributed by atoms with Crippen molar-refractivity contribution in [2.75, 3.05) is 26.3 Å². The smallest absolute Gasteiger partial charge is 0.176 e. The Morgan fingerprint density at radius 3 is 2.78 bits per heavy atom. The van der Waals surface area contributed by atoms with Gasteiger partial charge in [0.15, 0.2) is 17.3 Å². The molecule has 18 heavy (non-hydrogen) atoms. The number of benzene rings is 1. The van der Waals surface area contributed by atoms with Crippen molar-refractivity contribution in [1.29, 1.82) is 0 Å². The van der Waals surface area contributed by atoms with Crippen LogP contribution >= 0.6 is 0 Å². The molecule has 0 amide bonds. The summed E-state index contributed by atoms with van der Waals surface area (Å²) in [5.74, 6) is 2.30. The predicted molar refractivity (Wildman–Crippen MR) is 67.4 cm³/mol. The maximum Gasteiger partial charge on any atom is 0.176 e. The van der Waals surface area contributed by atoms with E-state index in [9.17, 15) is 4.79 Å². The normalized spacial score (nSPS) is 17.6. The highest BCUT2D eigenvalue weighted by atomic mass is 16.6. The predicted octanol–water partition coefficient (Wildman–Crippen LogP) is 1.64. The van der Waals surface area contributed by atoms with E-state index >= 15 is 0 Å². The lowest BCUT2D eigenvalue weighted by Crippen LogP contribution is -2.25. The van der Waals surface area contributed by atoms with Gasteiger partial charge in [-0.15, -0.1) is 0 Å². The highest BCUT2D eigenvalue weighted by molar-refractivity contribution is 5.98. The monoisotopic (exact) mass is 247 g/mol. The van der Waals surface area contributed by atoms with Crippen molar-refractivity contribution in [1.82, 2.24) is 5.32 Å². The van der Waals surface area contributed by atoms with Crippen molar-refractivity contribution in [3.8, 4) is 11.5 Å². The van der Waals surface area contributed by atoms with E-state index in [2.05, 4.69) is 5.32 Å². The molecule has 0 radical (unpaired) electrons. The SMILES string of the molecule is O=C(CNCC1CC1)c1ccc2c(c1)OCCO2. The Balaban J connectivity index is 1.61. The maximum atomic E-state index is 12.0. The van der Waals surface area contributed by atoms with E-state index in [1.54, 1.807) is 12.1 Å². The Kier molecular flexibility index (Phi) is 3.19. The maximum absolute atomic E-state index is 12.0. The Labute approximate surface area is 106 Å². The van der Waals surface area contributed by atoms with Crippen LogP contribution in [0.1, 0.15) is 23.2 Å². The van der Waals surface area contributed by atoms with E-state index in [4.69, 9.17) is 9.47 Å². The summed E-state index contributed by atoms with van der Waals surface area (Å²) >= 11 is 0. The molecular formula is C14H17NO3. The van der Waals surface area contributed by atoms with Gasteiger partial charge in [0.1, 0.15) is 13.2 Å². The van der Waals surface area contributed by atoms with Crippen LogP contribution in [0.5, 0.6) is 11.5 Å². The van der Waals surface area contributed by atoms with Crippen LogP contribution < -0.4 is 14.8 Å². The third-order valence-corrected chi connectivity index (χ3v) is 3.28. The largest absolute Gasteiger partial charge is 0.486 e. The first-order chi connectivity index (χ1) is 8.83. The third-order valence-electron chi connectivity index (χ3n) is 3.28. The van der Waals surface area contributed by atoms with Gasteiger partial charge in [0.05, 0.1) is 6.54 Å². The lowest BCUT2D eigenvalue weighted by Gasteiger charge is -2.18. The molecule has 0 bridgehead atoms. The van der Waals surface area contributed by atoms with Crippen LogP contribution in [0.15, 0.2) is 18.2 Å². The topological polar surface area (TPSA) is 47.6 Å². The number of hydrogen-bond donors (Lipinski definition) is 1. The minimum Gasteiger partial charge on any atom is -0.486 e. The molecule has 1 aromatic carbocycles. The zero-order valence-electron chi connectivity index (χ0n) is 10.3. The summed E-state index contributed by atoms with van der Waals surface area (Å²) in [4.78, 5) is 12.0. The highest BCUT2D eigenvalue weighted by Gasteiger charge is 2.21. The van der Waals surface area contributed by atoms with Crippen LogP contribution in [0.4, 0.5) is 0 Å². The average Bonchev–Trinajstić information content (AvgIpc) is 3.22. The number of ether oxygens (including phenoxy) is 2. The number of carbonyl (C=O) groups excluding carboxylic acids is 1. The molecule has 0 saturated heterocycles. The summed E-state index contributed by atoms with van der Waals surface area (Å²) in [7, 11) is 0. The molecule has 1 aliphatic carbocycles. The minimum absolute atomic E-state index is 0.104. The first-order valence-corrected chi connectivity index (χ1v) is 6.46. The highest BCUT2D eigenvalue weighted by Crippen LogP contribution is 2.31. The quantitative estimate of drug-likeness (QED) is 0.804. The van der Waals surface area contributed by atoms with Gasteiger partial charge in [-0.25, -0.2) is 0 Å².